The summed E-state index contributed by atoms with van der Waals surface area (Å²) in [6.45, 7) is 1.61. The number of benzene rings is 2. The number of halogens is 1. The second-order valence-corrected chi connectivity index (χ2v) is 9.60. The second-order valence-electron chi connectivity index (χ2n) is 7.18. The molecule has 8 heteroatoms. The fourth-order valence-corrected chi connectivity index (χ4v) is 4.01. The topological polar surface area (TPSA) is 93.2 Å². The van der Waals surface area contributed by atoms with Gasteiger partial charge in [0.05, 0.1) is 9.92 Å². The van der Waals surface area contributed by atoms with Crippen LogP contribution in [0.25, 0.3) is 11.1 Å². The van der Waals surface area contributed by atoms with E-state index in [2.05, 4.69) is 10.3 Å². The predicted molar refractivity (Wildman–Crippen MR) is 126 cm³/mol. The minimum absolute atomic E-state index is 0.0482. The van der Waals surface area contributed by atoms with E-state index >= 15 is 0 Å². The average Bonchev–Trinajstić information content (AvgIpc) is 2.78. The molecule has 0 bridgehead atoms. The van der Waals surface area contributed by atoms with E-state index in [0.717, 1.165) is 6.26 Å². The van der Waals surface area contributed by atoms with E-state index in [-0.39, 0.29) is 23.0 Å². The number of anilines is 1. The van der Waals surface area contributed by atoms with E-state index < -0.39 is 9.84 Å². The van der Waals surface area contributed by atoms with Crippen molar-refractivity contribution in [1.82, 2.24) is 4.98 Å². The standard InChI is InChI=1S/C24H21ClN2O4S/c1-16(24(29)27-23-14-12-19(25)15-26-23)7-13-21(28)18-10-8-17(9-11-18)20-5-3-4-6-22(20)32(2,30)31/h3-12,14-15H,13H2,1-2H3,(H,26,27,29)/b16-7-. The number of ketones is 1. The summed E-state index contributed by atoms with van der Waals surface area (Å²) in [5.74, 6) is -0.159. The molecule has 32 heavy (non-hydrogen) atoms. The van der Waals surface area contributed by atoms with Crippen LogP contribution in [0.5, 0.6) is 0 Å². The normalized spacial score (nSPS) is 11.8. The fourth-order valence-electron chi connectivity index (χ4n) is 2.99. The number of allylic oxidation sites excluding steroid dienone is 1. The van der Waals surface area contributed by atoms with Gasteiger partial charge in [-0.1, -0.05) is 60.1 Å². The lowest BCUT2D eigenvalue weighted by Gasteiger charge is -2.09. The smallest absolute Gasteiger partial charge is 0.252 e. The summed E-state index contributed by atoms with van der Waals surface area (Å²) in [4.78, 5) is 29.0. The minimum Gasteiger partial charge on any atom is -0.307 e. The largest absolute Gasteiger partial charge is 0.307 e. The lowest BCUT2D eigenvalue weighted by Crippen LogP contribution is -2.14. The summed E-state index contributed by atoms with van der Waals surface area (Å²) < 4.78 is 24.1. The zero-order chi connectivity index (χ0) is 23.3. The van der Waals surface area contributed by atoms with Gasteiger partial charge in [-0.05, 0) is 30.7 Å². The minimum atomic E-state index is -3.38. The molecule has 0 saturated carbocycles. The number of carbonyl (C=O) groups excluding carboxylic acids is 2. The summed E-state index contributed by atoms with van der Waals surface area (Å²) in [6.07, 6.45) is 4.20. The Balaban J connectivity index is 1.69. The van der Waals surface area contributed by atoms with Crippen LogP contribution < -0.4 is 5.32 Å². The molecule has 3 aromatic rings. The Labute approximate surface area is 191 Å². The molecule has 1 amide bonds. The van der Waals surface area contributed by atoms with Crippen molar-refractivity contribution in [2.24, 2.45) is 0 Å². The number of nitrogens with one attached hydrogen (secondary N) is 1. The summed E-state index contributed by atoms with van der Waals surface area (Å²) in [7, 11) is -3.38. The number of sulfone groups is 1. The Kier molecular flexibility index (Phi) is 7.22. The second kappa shape index (κ2) is 9.89. The van der Waals surface area contributed by atoms with Crippen LogP contribution in [-0.2, 0) is 14.6 Å². The van der Waals surface area contributed by atoms with E-state index in [1.165, 1.54) is 6.20 Å². The van der Waals surface area contributed by atoms with Crippen molar-refractivity contribution in [2.75, 3.05) is 11.6 Å². The Hall–Kier alpha value is -3.29. The van der Waals surface area contributed by atoms with E-state index in [0.29, 0.717) is 33.1 Å². The number of carbonyl (C=O) groups is 2. The first-order valence-electron chi connectivity index (χ1n) is 9.67. The first kappa shape index (κ1) is 23.4. The first-order chi connectivity index (χ1) is 15.1. The summed E-state index contributed by atoms with van der Waals surface area (Å²) >= 11 is 5.77. The van der Waals surface area contributed by atoms with Gasteiger partial charge in [-0.15, -0.1) is 0 Å². The molecule has 6 nitrogen and oxygen atoms in total. The van der Waals surface area contributed by atoms with Crippen LogP contribution in [0.1, 0.15) is 23.7 Å². The van der Waals surface area contributed by atoms with Crippen molar-refractivity contribution in [3.05, 3.63) is 89.1 Å². The number of nitrogens with zero attached hydrogens (tertiary/aromatic N) is 1. The average molecular weight is 469 g/mol. The number of rotatable bonds is 7. The van der Waals surface area contributed by atoms with Crippen molar-refractivity contribution in [3.63, 3.8) is 0 Å². The van der Waals surface area contributed by atoms with Crippen LogP contribution in [0.15, 0.2) is 83.4 Å². The SMILES string of the molecule is C/C(=C/CC(=O)c1ccc(-c2ccccc2S(C)(=O)=O)cc1)C(=O)Nc1ccc(Cl)cn1. The molecular weight excluding hydrogens is 448 g/mol. The Bertz CT molecular complexity index is 1280. The highest BCUT2D eigenvalue weighted by atomic mass is 35.5. The highest BCUT2D eigenvalue weighted by Gasteiger charge is 2.14. The molecule has 0 atom stereocenters. The van der Waals surface area contributed by atoms with E-state index in [9.17, 15) is 18.0 Å². The quantitative estimate of drug-likeness (QED) is 0.390. The highest BCUT2D eigenvalue weighted by Crippen LogP contribution is 2.27. The number of aromatic nitrogens is 1. The van der Waals surface area contributed by atoms with Gasteiger partial charge in [-0.25, -0.2) is 13.4 Å². The van der Waals surface area contributed by atoms with Crippen LogP contribution in [0.2, 0.25) is 5.02 Å². The number of hydrogen-bond acceptors (Lipinski definition) is 5. The van der Waals surface area contributed by atoms with Crippen molar-refractivity contribution in [3.8, 4) is 11.1 Å². The Morgan fingerprint density at radius 1 is 1.03 bits per heavy atom. The van der Waals surface area contributed by atoms with Crippen LogP contribution in [0.4, 0.5) is 5.82 Å². The summed E-state index contributed by atoms with van der Waals surface area (Å²) in [5, 5.41) is 3.10. The molecule has 0 aliphatic heterocycles. The van der Waals surface area contributed by atoms with Crippen LogP contribution in [0.3, 0.4) is 0 Å². The Morgan fingerprint density at radius 2 is 1.72 bits per heavy atom. The van der Waals surface area contributed by atoms with Gasteiger partial charge in [-0.3, -0.25) is 9.59 Å². The monoisotopic (exact) mass is 468 g/mol. The molecule has 1 N–H and O–H groups in total. The lowest BCUT2D eigenvalue weighted by atomic mass is 10.0. The molecule has 0 fully saturated rings. The van der Waals surface area contributed by atoms with E-state index in [4.69, 9.17) is 11.6 Å². The van der Waals surface area contributed by atoms with E-state index in [1.807, 2.05) is 0 Å². The third-order valence-corrected chi connectivity index (χ3v) is 6.10. The predicted octanol–water partition coefficient (Wildman–Crippen LogP) is 4.96. The molecule has 2 aromatic carbocycles. The first-order valence-corrected chi connectivity index (χ1v) is 11.9. The fraction of sp³-hybridized carbons (Fsp3) is 0.125. The van der Waals surface area contributed by atoms with E-state index in [1.54, 1.807) is 73.7 Å². The molecule has 0 spiro atoms. The zero-order valence-electron chi connectivity index (χ0n) is 17.5. The third-order valence-electron chi connectivity index (χ3n) is 4.73. The third kappa shape index (κ3) is 5.90. The molecule has 164 valence electrons. The van der Waals surface area contributed by atoms with Gasteiger partial charge in [0, 0.05) is 35.6 Å². The molecule has 1 aromatic heterocycles. The van der Waals surface area contributed by atoms with Crippen molar-refractivity contribution < 1.29 is 18.0 Å². The molecular formula is C24H21ClN2O4S. The molecule has 0 unspecified atom stereocenters. The maximum Gasteiger partial charge on any atom is 0.252 e. The number of pyridine rings is 1. The molecule has 1 heterocycles. The van der Waals surface area contributed by atoms with Crippen LogP contribution in [-0.4, -0.2) is 31.3 Å². The van der Waals surface area contributed by atoms with Crippen LogP contribution >= 0.6 is 11.6 Å². The molecule has 0 aliphatic carbocycles. The maximum absolute atomic E-state index is 12.5. The van der Waals surface area contributed by atoms with Crippen molar-refractivity contribution in [2.45, 2.75) is 18.2 Å². The van der Waals surface area contributed by atoms with Gasteiger partial charge in [0.1, 0.15) is 5.82 Å². The molecule has 0 aliphatic rings. The van der Waals surface area contributed by atoms with Gasteiger partial charge in [0.25, 0.3) is 5.91 Å². The van der Waals surface area contributed by atoms with Crippen LogP contribution in [0, 0.1) is 0 Å². The number of hydrogen-bond donors (Lipinski definition) is 1. The van der Waals surface area contributed by atoms with Gasteiger partial charge >= 0.3 is 0 Å². The molecule has 0 radical (unpaired) electrons. The molecule has 3 rings (SSSR count). The number of Topliss-reactive ketones (excluding diaryl/α,β-unsaturated/α-hetero) is 1. The lowest BCUT2D eigenvalue weighted by molar-refractivity contribution is -0.112. The van der Waals surface area contributed by atoms with Crippen molar-refractivity contribution >= 4 is 38.9 Å². The molecule has 0 saturated heterocycles. The Morgan fingerprint density at radius 3 is 2.34 bits per heavy atom. The summed E-state index contributed by atoms with van der Waals surface area (Å²) in [6, 6.07) is 16.7. The van der Waals surface area contributed by atoms with Gasteiger partial charge in [0.2, 0.25) is 0 Å². The number of amides is 1. The summed E-state index contributed by atoms with van der Waals surface area (Å²) in [5.41, 5.74) is 2.13. The highest BCUT2D eigenvalue weighted by molar-refractivity contribution is 7.90. The van der Waals surface area contributed by atoms with Gasteiger partial charge < -0.3 is 5.32 Å². The van der Waals surface area contributed by atoms with Gasteiger partial charge in [-0.2, -0.15) is 0 Å². The van der Waals surface area contributed by atoms with Crippen molar-refractivity contribution in [1.29, 1.82) is 0 Å². The van der Waals surface area contributed by atoms with Gasteiger partial charge in [0.15, 0.2) is 15.6 Å². The zero-order valence-corrected chi connectivity index (χ0v) is 19.1. The maximum atomic E-state index is 12.5.